The molecule has 3 rings (SSSR count). The lowest BCUT2D eigenvalue weighted by Gasteiger charge is -2.10. The average molecular weight is 381 g/mol. The fourth-order valence-electron chi connectivity index (χ4n) is 2.22. The van der Waals surface area contributed by atoms with Crippen LogP contribution in [0, 0.1) is 10.1 Å². The second kappa shape index (κ2) is 8.45. The molecule has 0 spiro atoms. The molecule has 10 heteroatoms. The molecule has 2 aromatic carbocycles. The molecule has 0 aliphatic carbocycles. The minimum absolute atomic E-state index is 0.215. The number of hydrogen-bond donors (Lipinski definition) is 2. The molecule has 3 aromatic rings. The van der Waals surface area contributed by atoms with E-state index in [0.717, 1.165) is 6.33 Å². The Morgan fingerprint density at radius 3 is 2.39 bits per heavy atom. The quantitative estimate of drug-likeness (QED) is 0.472. The number of hydrazine groups is 1. The van der Waals surface area contributed by atoms with E-state index in [4.69, 9.17) is 9.47 Å². The van der Waals surface area contributed by atoms with Crippen LogP contribution in [0.3, 0.4) is 0 Å². The molecule has 0 aliphatic rings. The molecular weight excluding hydrogens is 366 g/mol. The molecule has 0 aliphatic heterocycles. The van der Waals surface area contributed by atoms with Gasteiger partial charge in [-0.25, -0.2) is 4.98 Å². The summed E-state index contributed by atoms with van der Waals surface area (Å²) in [6.45, 7) is 0. The number of aromatic nitrogens is 2. The van der Waals surface area contributed by atoms with Crippen molar-refractivity contribution in [2.45, 2.75) is 0 Å². The summed E-state index contributed by atoms with van der Waals surface area (Å²) in [4.78, 5) is 30.7. The number of amides is 1. The van der Waals surface area contributed by atoms with Crippen LogP contribution in [0.5, 0.6) is 17.4 Å². The molecule has 0 unspecified atom stereocenters. The molecule has 1 aromatic heterocycles. The molecule has 28 heavy (non-hydrogen) atoms. The lowest BCUT2D eigenvalue weighted by atomic mass is 10.2. The maximum atomic E-state index is 12.2. The summed E-state index contributed by atoms with van der Waals surface area (Å²) >= 11 is 0. The lowest BCUT2D eigenvalue weighted by molar-refractivity contribution is -0.385. The van der Waals surface area contributed by atoms with Crippen LogP contribution in [-0.4, -0.2) is 27.9 Å². The SMILES string of the molecule is COc1ccc(C(=O)NNc2ncnc(Oc3ccccc3)c2[N+](=O)[O-])cc1. The molecule has 0 bridgehead atoms. The van der Waals surface area contributed by atoms with E-state index < -0.39 is 16.5 Å². The van der Waals surface area contributed by atoms with Gasteiger partial charge in [0.1, 0.15) is 17.8 Å². The Morgan fingerprint density at radius 1 is 1.04 bits per heavy atom. The van der Waals surface area contributed by atoms with E-state index in [9.17, 15) is 14.9 Å². The van der Waals surface area contributed by atoms with Crippen LogP contribution in [0.15, 0.2) is 60.9 Å². The Kier molecular flexibility index (Phi) is 5.60. The van der Waals surface area contributed by atoms with E-state index >= 15 is 0 Å². The Morgan fingerprint density at radius 2 is 1.75 bits per heavy atom. The van der Waals surface area contributed by atoms with Crippen molar-refractivity contribution in [3.8, 4) is 17.4 Å². The van der Waals surface area contributed by atoms with E-state index in [1.54, 1.807) is 54.6 Å². The van der Waals surface area contributed by atoms with Gasteiger partial charge in [-0.3, -0.25) is 25.8 Å². The maximum Gasteiger partial charge on any atom is 0.374 e. The van der Waals surface area contributed by atoms with Gasteiger partial charge >= 0.3 is 11.6 Å². The topological polar surface area (TPSA) is 129 Å². The summed E-state index contributed by atoms with van der Waals surface area (Å²) in [6, 6.07) is 14.8. The van der Waals surface area contributed by atoms with Crippen molar-refractivity contribution >= 4 is 17.4 Å². The smallest absolute Gasteiger partial charge is 0.374 e. The minimum Gasteiger partial charge on any atom is -0.497 e. The third-order valence-corrected chi connectivity index (χ3v) is 3.58. The molecule has 142 valence electrons. The van der Waals surface area contributed by atoms with Crippen LogP contribution >= 0.6 is 0 Å². The Balaban J connectivity index is 1.78. The number of carbonyl (C=O) groups is 1. The first kappa shape index (κ1) is 18.6. The maximum absolute atomic E-state index is 12.2. The van der Waals surface area contributed by atoms with Crippen molar-refractivity contribution in [2.24, 2.45) is 0 Å². The summed E-state index contributed by atoms with van der Waals surface area (Å²) in [6.07, 6.45) is 1.09. The monoisotopic (exact) mass is 381 g/mol. The molecule has 0 saturated carbocycles. The highest BCUT2D eigenvalue weighted by atomic mass is 16.6. The van der Waals surface area contributed by atoms with Gasteiger partial charge in [0.15, 0.2) is 0 Å². The summed E-state index contributed by atoms with van der Waals surface area (Å²) in [7, 11) is 1.51. The number of hydrogen-bond acceptors (Lipinski definition) is 8. The molecule has 10 nitrogen and oxygen atoms in total. The van der Waals surface area contributed by atoms with E-state index in [1.807, 2.05) is 0 Å². The van der Waals surface area contributed by atoms with E-state index in [2.05, 4.69) is 20.8 Å². The van der Waals surface area contributed by atoms with Gasteiger partial charge in [0.25, 0.3) is 5.91 Å². The molecule has 2 N–H and O–H groups in total. The van der Waals surface area contributed by atoms with Crippen molar-refractivity contribution in [1.29, 1.82) is 0 Å². The van der Waals surface area contributed by atoms with Crippen LogP contribution in [0.25, 0.3) is 0 Å². The van der Waals surface area contributed by atoms with Crippen LogP contribution in [0.4, 0.5) is 11.5 Å². The second-order valence-electron chi connectivity index (χ2n) is 5.36. The Hall–Kier alpha value is -4.21. The van der Waals surface area contributed by atoms with Gasteiger partial charge in [-0.1, -0.05) is 18.2 Å². The molecule has 0 fully saturated rings. The van der Waals surface area contributed by atoms with Crippen molar-refractivity contribution in [3.05, 3.63) is 76.6 Å². The summed E-state index contributed by atoms with van der Waals surface area (Å²) in [5.74, 6) is -0.0163. The minimum atomic E-state index is -0.694. The zero-order chi connectivity index (χ0) is 19.9. The van der Waals surface area contributed by atoms with Gasteiger partial charge in [-0.05, 0) is 36.4 Å². The van der Waals surface area contributed by atoms with Gasteiger partial charge in [-0.15, -0.1) is 0 Å². The van der Waals surface area contributed by atoms with E-state index in [0.29, 0.717) is 17.1 Å². The van der Waals surface area contributed by atoms with E-state index in [-0.39, 0.29) is 11.7 Å². The van der Waals surface area contributed by atoms with Crippen LogP contribution in [0.2, 0.25) is 0 Å². The largest absolute Gasteiger partial charge is 0.497 e. The first-order valence-corrected chi connectivity index (χ1v) is 8.01. The average Bonchev–Trinajstić information content (AvgIpc) is 2.72. The molecule has 0 saturated heterocycles. The number of ether oxygens (including phenoxy) is 2. The van der Waals surface area contributed by atoms with Crippen LogP contribution in [0.1, 0.15) is 10.4 Å². The fraction of sp³-hybridized carbons (Fsp3) is 0.0556. The number of nitro groups is 1. The number of methoxy groups -OCH3 is 1. The van der Waals surface area contributed by atoms with Gasteiger partial charge < -0.3 is 9.47 Å². The summed E-state index contributed by atoms with van der Waals surface area (Å²) < 4.78 is 10.5. The number of para-hydroxylation sites is 1. The molecule has 1 amide bonds. The standard InChI is InChI=1S/C18H15N5O5/c1-27-13-9-7-12(8-10-13)17(24)22-21-16-15(23(25)26)18(20-11-19-16)28-14-5-3-2-4-6-14/h2-11H,1H3,(H,22,24)(H,19,20,21). The number of rotatable bonds is 7. The predicted molar refractivity (Wildman–Crippen MR) is 99.3 cm³/mol. The van der Waals surface area contributed by atoms with Gasteiger partial charge in [0, 0.05) is 5.56 Å². The predicted octanol–water partition coefficient (Wildman–Crippen LogP) is 2.94. The normalized spacial score (nSPS) is 10.0. The first-order chi connectivity index (χ1) is 13.6. The Labute approximate surface area is 159 Å². The highest BCUT2D eigenvalue weighted by molar-refractivity contribution is 5.95. The number of nitrogens with one attached hydrogen (secondary N) is 2. The highest BCUT2D eigenvalue weighted by Crippen LogP contribution is 2.33. The fourth-order valence-corrected chi connectivity index (χ4v) is 2.22. The van der Waals surface area contributed by atoms with Crippen molar-refractivity contribution in [2.75, 3.05) is 12.5 Å². The number of anilines is 1. The molecular formula is C18H15N5O5. The molecule has 0 radical (unpaired) electrons. The van der Waals surface area contributed by atoms with Gasteiger partial charge in [-0.2, -0.15) is 4.98 Å². The number of nitrogens with zero attached hydrogens (tertiary/aromatic N) is 3. The number of benzene rings is 2. The molecule has 1 heterocycles. The van der Waals surface area contributed by atoms with Crippen molar-refractivity contribution in [1.82, 2.24) is 15.4 Å². The van der Waals surface area contributed by atoms with Gasteiger partial charge in [0.2, 0.25) is 5.82 Å². The van der Waals surface area contributed by atoms with Gasteiger partial charge in [0.05, 0.1) is 12.0 Å². The lowest BCUT2D eigenvalue weighted by Crippen LogP contribution is -2.30. The zero-order valence-corrected chi connectivity index (χ0v) is 14.7. The van der Waals surface area contributed by atoms with E-state index in [1.165, 1.54) is 7.11 Å². The summed E-state index contributed by atoms with van der Waals surface area (Å²) in [5.41, 5.74) is 4.62. The third-order valence-electron chi connectivity index (χ3n) is 3.58. The highest BCUT2D eigenvalue weighted by Gasteiger charge is 2.25. The van der Waals surface area contributed by atoms with Crippen LogP contribution < -0.4 is 20.3 Å². The Bertz CT molecular complexity index is 979. The zero-order valence-electron chi connectivity index (χ0n) is 14.7. The van der Waals surface area contributed by atoms with Crippen molar-refractivity contribution < 1.29 is 19.2 Å². The third kappa shape index (κ3) is 4.30. The van der Waals surface area contributed by atoms with Crippen molar-refractivity contribution in [3.63, 3.8) is 0 Å². The molecule has 0 atom stereocenters. The summed E-state index contributed by atoms with van der Waals surface area (Å²) in [5, 5.41) is 11.5. The first-order valence-electron chi connectivity index (χ1n) is 8.01. The van der Waals surface area contributed by atoms with Crippen LogP contribution in [-0.2, 0) is 0 Å². The number of carbonyl (C=O) groups excluding carboxylic acids is 1. The second-order valence-corrected chi connectivity index (χ2v) is 5.36.